The van der Waals surface area contributed by atoms with Crippen LogP contribution < -0.4 is 0 Å². The molecule has 0 bridgehead atoms. The van der Waals surface area contributed by atoms with Crippen molar-refractivity contribution < 1.29 is 19.0 Å². The molecular formula is C18H30O4. The van der Waals surface area contributed by atoms with Gasteiger partial charge in [-0.15, -0.1) is 0 Å². The summed E-state index contributed by atoms with van der Waals surface area (Å²) in [6.45, 7) is 3.28. The van der Waals surface area contributed by atoms with E-state index in [9.17, 15) is 4.79 Å². The lowest BCUT2D eigenvalue weighted by atomic mass is 10.00. The van der Waals surface area contributed by atoms with E-state index in [4.69, 9.17) is 9.47 Å². The Morgan fingerprint density at radius 1 is 1.18 bits per heavy atom. The van der Waals surface area contributed by atoms with Gasteiger partial charge in [-0.25, -0.2) is 0 Å². The van der Waals surface area contributed by atoms with E-state index in [1.807, 2.05) is 0 Å². The Morgan fingerprint density at radius 3 is 2.73 bits per heavy atom. The van der Waals surface area contributed by atoms with E-state index < -0.39 is 0 Å². The zero-order valence-electron chi connectivity index (χ0n) is 14.0. The quantitative estimate of drug-likeness (QED) is 0.347. The Balaban J connectivity index is 2.29. The lowest BCUT2D eigenvalue weighted by molar-refractivity contribution is -0.143. The minimum Gasteiger partial charge on any atom is -0.469 e. The summed E-state index contributed by atoms with van der Waals surface area (Å²) in [7, 11) is 1.42. The minimum absolute atomic E-state index is 0.0781. The number of carbonyl (C=O) groups excluding carboxylic acids is 1. The van der Waals surface area contributed by atoms with Crippen LogP contribution in [-0.2, 0) is 19.0 Å². The molecule has 0 aromatic carbocycles. The third-order valence-electron chi connectivity index (χ3n) is 3.74. The fourth-order valence-electron chi connectivity index (χ4n) is 2.37. The first-order valence-electron chi connectivity index (χ1n) is 8.37. The first-order chi connectivity index (χ1) is 10.8. The minimum atomic E-state index is -0.149. The summed E-state index contributed by atoms with van der Waals surface area (Å²) in [6, 6.07) is 0. The first kappa shape index (κ1) is 18.9. The van der Waals surface area contributed by atoms with Crippen LogP contribution in [0.3, 0.4) is 0 Å². The maximum Gasteiger partial charge on any atom is 0.305 e. The van der Waals surface area contributed by atoms with Crippen LogP contribution in [0.4, 0.5) is 0 Å². The molecule has 1 aliphatic rings. The fraction of sp³-hybridized carbons (Fsp3) is 0.722. The fourth-order valence-corrected chi connectivity index (χ4v) is 2.37. The van der Waals surface area contributed by atoms with Crippen LogP contribution >= 0.6 is 0 Å². The number of allylic oxidation sites excluding steroid dienone is 2. The van der Waals surface area contributed by atoms with Gasteiger partial charge in [-0.3, -0.25) is 4.79 Å². The zero-order chi connectivity index (χ0) is 16.0. The summed E-state index contributed by atoms with van der Waals surface area (Å²) in [4.78, 5) is 11.0. The molecule has 0 aliphatic carbocycles. The van der Waals surface area contributed by atoms with Gasteiger partial charge in [0, 0.05) is 12.3 Å². The summed E-state index contributed by atoms with van der Waals surface area (Å²) in [6.07, 6.45) is 15.8. The molecule has 1 rings (SSSR count). The van der Waals surface area contributed by atoms with E-state index in [0.717, 1.165) is 19.3 Å². The van der Waals surface area contributed by atoms with Gasteiger partial charge in [0.15, 0.2) is 0 Å². The molecule has 1 fully saturated rings. The molecule has 4 nitrogen and oxygen atoms in total. The van der Waals surface area contributed by atoms with Crippen LogP contribution in [0.5, 0.6) is 0 Å². The number of ether oxygens (including phenoxy) is 3. The molecule has 0 saturated carbocycles. The van der Waals surface area contributed by atoms with Gasteiger partial charge in [0.1, 0.15) is 6.79 Å². The highest BCUT2D eigenvalue weighted by Crippen LogP contribution is 2.18. The number of methoxy groups -OCH3 is 1. The predicted molar refractivity (Wildman–Crippen MR) is 87.5 cm³/mol. The second-order valence-electron chi connectivity index (χ2n) is 5.60. The molecule has 0 unspecified atom stereocenters. The van der Waals surface area contributed by atoms with Crippen molar-refractivity contribution in [2.75, 3.05) is 20.5 Å². The maximum absolute atomic E-state index is 11.0. The Morgan fingerprint density at radius 2 is 1.95 bits per heavy atom. The van der Waals surface area contributed by atoms with Crippen LogP contribution in [0.2, 0.25) is 0 Å². The smallest absolute Gasteiger partial charge is 0.305 e. The number of hydrogen-bond acceptors (Lipinski definition) is 4. The van der Waals surface area contributed by atoms with Crippen molar-refractivity contribution in [3.05, 3.63) is 24.3 Å². The van der Waals surface area contributed by atoms with Gasteiger partial charge in [-0.1, -0.05) is 44.1 Å². The van der Waals surface area contributed by atoms with Crippen LogP contribution in [0.25, 0.3) is 0 Å². The molecule has 4 heteroatoms. The largest absolute Gasteiger partial charge is 0.469 e. The number of unbranched alkanes of at least 4 members (excludes halogenated alkanes) is 4. The lowest BCUT2D eigenvalue weighted by Gasteiger charge is -2.27. The molecule has 1 aliphatic heterocycles. The second-order valence-corrected chi connectivity index (χ2v) is 5.60. The molecule has 126 valence electrons. The monoisotopic (exact) mass is 310 g/mol. The summed E-state index contributed by atoms with van der Waals surface area (Å²) < 4.78 is 15.7. The molecule has 1 heterocycles. The average Bonchev–Trinajstić information content (AvgIpc) is 2.55. The van der Waals surface area contributed by atoms with E-state index in [2.05, 4.69) is 36.0 Å². The summed E-state index contributed by atoms with van der Waals surface area (Å²) in [5, 5.41) is 0. The standard InChI is InChI=1S/C18H30O4/c1-3-4-5-6-8-11-16-14-21-15-22-17(16)12-9-7-10-13-18(19)20-2/h8-9,11-12,16-17H,3-7,10,13-15H2,1-2H3/b11-8-,12-9-/t16-,17+/m1/s1. The van der Waals surface area contributed by atoms with Crippen LogP contribution in [0.1, 0.15) is 51.9 Å². The Kier molecular flexibility index (Phi) is 10.7. The summed E-state index contributed by atoms with van der Waals surface area (Å²) >= 11 is 0. The van der Waals surface area contributed by atoms with Crippen molar-refractivity contribution in [2.45, 2.75) is 58.0 Å². The van der Waals surface area contributed by atoms with Crippen molar-refractivity contribution in [1.82, 2.24) is 0 Å². The number of esters is 1. The Bertz CT molecular complexity index is 349. The number of carbonyl (C=O) groups is 1. The first-order valence-corrected chi connectivity index (χ1v) is 8.37. The normalized spacial score (nSPS) is 22.5. The van der Waals surface area contributed by atoms with E-state index in [1.165, 1.54) is 26.4 Å². The third kappa shape index (κ3) is 8.35. The molecule has 1 saturated heterocycles. The van der Waals surface area contributed by atoms with Gasteiger partial charge < -0.3 is 14.2 Å². The average molecular weight is 310 g/mol. The molecule has 0 N–H and O–H groups in total. The highest BCUT2D eigenvalue weighted by Gasteiger charge is 2.21. The Hall–Kier alpha value is -1.13. The summed E-state index contributed by atoms with van der Waals surface area (Å²) in [5.74, 6) is 0.135. The predicted octanol–water partition coefficient (Wildman–Crippen LogP) is 4.01. The molecule has 22 heavy (non-hydrogen) atoms. The zero-order valence-corrected chi connectivity index (χ0v) is 14.0. The van der Waals surface area contributed by atoms with E-state index in [0.29, 0.717) is 19.8 Å². The van der Waals surface area contributed by atoms with Crippen LogP contribution in [0, 0.1) is 5.92 Å². The number of rotatable bonds is 10. The van der Waals surface area contributed by atoms with Crippen molar-refractivity contribution in [3.63, 3.8) is 0 Å². The molecular weight excluding hydrogens is 280 g/mol. The highest BCUT2D eigenvalue weighted by atomic mass is 16.7. The van der Waals surface area contributed by atoms with Crippen molar-refractivity contribution in [1.29, 1.82) is 0 Å². The van der Waals surface area contributed by atoms with E-state index in [-0.39, 0.29) is 18.0 Å². The highest BCUT2D eigenvalue weighted by molar-refractivity contribution is 5.69. The molecule has 2 atom stereocenters. The van der Waals surface area contributed by atoms with Gasteiger partial charge in [-0.2, -0.15) is 0 Å². The topological polar surface area (TPSA) is 44.8 Å². The third-order valence-corrected chi connectivity index (χ3v) is 3.74. The van der Waals surface area contributed by atoms with Crippen LogP contribution in [0.15, 0.2) is 24.3 Å². The van der Waals surface area contributed by atoms with Crippen molar-refractivity contribution in [3.8, 4) is 0 Å². The molecule has 0 aromatic heterocycles. The molecule has 0 spiro atoms. The van der Waals surface area contributed by atoms with Gasteiger partial charge in [0.05, 0.1) is 19.8 Å². The Labute approximate surface area is 134 Å². The molecule has 0 radical (unpaired) electrons. The lowest BCUT2D eigenvalue weighted by Crippen LogP contribution is -2.31. The molecule has 0 aromatic rings. The van der Waals surface area contributed by atoms with E-state index in [1.54, 1.807) is 0 Å². The van der Waals surface area contributed by atoms with Crippen molar-refractivity contribution >= 4 is 5.97 Å². The van der Waals surface area contributed by atoms with Gasteiger partial charge in [0.2, 0.25) is 0 Å². The summed E-state index contributed by atoms with van der Waals surface area (Å²) in [5.41, 5.74) is 0. The van der Waals surface area contributed by atoms with Crippen molar-refractivity contribution in [2.24, 2.45) is 5.92 Å². The molecule has 0 amide bonds. The second kappa shape index (κ2) is 12.4. The van der Waals surface area contributed by atoms with Crippen LogP contribution in [-0.4, -0.2) is 32.6 Å². The number of hydrogen-bond donors (Lipinski definition) is 0. The van der Waals surface area contributed by atoms with Gasteiger partial charge >= 0.3 is 5.97 Å². The van der Waals surface area contributed by atoms with Gasteiger partial charge in [0.25, 0.3) is 0 Å². The SMILES string of the molecule is CCCCC/C=C\[C@@H]1COCO[C@H]1/C=C\CCCC(=O)OC. The van der Waals surface area contributed by atoms with E-state index >= 15 is 0 Å². The maximum atomic E-state index is 11.0. The van der Waals surface area contributed by atoms with Gasteiger partial charge in [-0.05, 0) is 25.7 Å².